The molecule has 0 aliphatic heterocycles. The van der Waals surface area contributed by atoms with Crippen LogP contribution in [0.3, 0.4) is 0 Å². The Morgan fingerprint density at radius 2 is 2.00 bits per heavy atom. The average molecular weight is 187 g/mol. The van der Waals surface area contributed by atoms with Crippen molar-refractivity contribution in [2.45, 2.75) is 18.8 Å². The molecule has 0 aromatic carbocycles. The zero-order valence-corrected chi connectivity index (χ0v) is 7.55. The highest BCUT2D eigenvalue weighted by atomic mass is 16.5. The summed E-state index contributed by atoms with van der Waals surface area (Å²) in [5.41, 5.74) is 0.930. The van der Waals surface area contributed by atoms with Crippen LogP contribution in [0.4, 0.5) is 0 Å². The highest BCUT2D eigenvalue weighted by molar-refractivity contribution is 5.51. The lowest BCUT2D eigenvalue weighted by Gasteiger charge is -1.89. The lowest BCUT2D eigenvalue weighted by atomic mass is 10.3. The van der Waals surface area contributed by atoms with Gasteiger partial charge in [-0.25, -0.2) is 0 Å². The molecule has 1 saturated carbocycles. The normalized spacial score (nSPS) is 15.7. The zero-order valence-electron chi connectivity index (χ0n) is 7.55. The number of nitrogens with zero attached hydrogens (tertiary/aromatic N) is 3. The van der Waals surface area contributed by atoms with E-state index in [1.165, 1.54) is 12.8 Å². The molecular formula is C10H9N3O. The van der Waals surface area contributed by atoms with Crippen LogP contribution in [0.5, 0.6) is 0 Å². The second kappa shape index (κ2) is 2.90. The molecule has 2 aromatic heterocycles. The van der Waals surface area contributed by atoms with E-state index in [1.54, 1.807) is 12.4 Å². The van der Waals surface area contributed by atoms with E-state index in [1.807, 2.05) is 12.1 Å². The summed E-state index contributed by atoms with van der Waals surface area (Å²) >= 11 is 0. The lowest BCUT2D eigenvalue weighted by molar-refractivity contribution is 0.422. The molecule has 1 aliphatic carbocycles. The summed E-state index contributed by atoms with van der Waals surface area (Å²) in [5, 5.41) is 3.95. The van der Waals surface area contributed by atoms with E-state index < -0.39 is 0 Å². The Bertz CT molecular complexity index is 434. The molecule has 3 rings (SSSR count). The van der Waals surface area contributed by atoms with E-state index in [0.717, 1.165) is 11.4 Å². The Labute approximate surface area is 81.0 Å². The van der Waals surface area contributed by atoms with Gasteiger partial charge in [0.25, 0.3) is 5.89 Å². The van der Waals surface area contributed by atoms with Crippen molar-refractivity contribution in [1.29, 1.82) is 0 Å². The largest absolute Gasteiger partial charge is 0.334 e. The third-order valence-electron chi connectivity index (χ3n) is 2.31. The SMILES string of the molecule is c1cc(-c2nc(C3CC3)no2)ccn1. The minimum Gasteiger partial charge on any atom is -0.334 e. The van der Waals surface area contributed by atoms with Gasteiger partial charge in [-0.1, -0.05) is 5.16 Å². The van der Waals surface area contributed by atoms with Crippen LogP contribution >= 0.6 is 0 Å². The molecule has 1 aliphatic rings. The minimum absolute atomic E-state index is 0.536. The van der Waals surface area contributed by atoms with Gasteiger partial charge in [0.1, 0.15) is 0 Å². The van der Waals surface area contributed by atoms with Crippen molar-refractivity contribution in [2.24, 2.45) is 0 Å². The summed E-state index contributed by atoms with van der Waals surface area (Å²) in [7, 11) is 0. The fraction of sp³-hybridized carbons (Fsp3) is 0.300. The molecule has 1 fully saturated rings. The quantitative estimate of drug-likeness (QED) is 0.721. The van der Waals surface area contributed by atoms with Crippen LogP contribution in [0.15, 0.2) is 29.0 Å². The highest BCUT2D eigenvalue weighted by Crippen LogP contribution is 2.38. The van der Waals surface area contributed by atoms with Crippen molar-refractivity contribution in [2.75, 3.05) is 0 Å². The molecule has 0 radical (unpaired) electrons. The van der Waals surface area contributed by atoms with E-state index in [2.05, 4.69) is 15.1 Å². The summed E-state index contributed by atoms with van der Waals surface area (Å²) in [5.74, 6) is 1.97. The van der Waals surface area contributed by atoms with Crippen molar-refractivity contribution in [3.05, 3.63) is 30.4 Å². The van der Waals surface area contributed by atoms with Gasteiger partial charge in [0.2, 0.25) is 0 Å². The lowest BCUT2D eigenvalue weighted by Crippen LogP contribution is -1.82. The zero-order chi connectivity index (χ0) is 9.38. The first-order valence-corrected chi connectivity index (χ1v) is 4.67. The highest BCUT2D eigenvalue weighted by Gasteiger charge is 2.28. The molecule has 0 N–H and O–H groups in total. The summed E-state index contributed by atoms with van der Waals surface area (Å²) < 4.78 is 5.16. The predicted octanol–water partition coefficient (Wildman–Crippen LogP) is 2.01. The first kappa shape index (κ1) is 7.67. The third kappa shape index (κ3) is 1.28. The topological polar surface area (TPSA) is 51.8 Å². The van der Waals surface area contributed by atoms with Crippen molar-refractivity contribution in [1.82, 2.24) is 15.1 Å². The van der Waals surface area contributed by atoms with Crippen LogP contribution in [0.25, 0.3) is 11.5 Å². The van der Waals surface area contributed by atoms with Crippen LogP contribution < -0.4 is 0 Å². The maximum Gasteiger partial charge on any atom is 0.258 e. The Hall–Kier alpha value is -1.71. The van der Waals surface area contributed by atoms with Crippen LogP contribution in [-0.4, -0.2) is 15.1 Å². The fourth-order valence-electron chi connectivity index (χ4n) is 1.35. The van der Waals surface area contributed by atoms with Gasteiger partial charge in [0, 0.05) is 23.9 Å². The Morgan fingerprint density at radius 1 is 1.21 bits per heavy atom. The minimum atomic E-state index is 0.536. The molecule has 2 heterocycles. The van der Waals surface area contributed by atoms with Crippen molar-refractivity contribution < 1.29 is 4.52 Å². The third-order valence-corrected chi connectivity index (χ3v) is 2.31. The van der Waals surface area contributed by atoms with Gasteiger partial charge in [0.15, 0.2) is 5.82 Å². The molecule has 0 amide bonds. The first-order chi connectivity index (χ1) is 6.93. The summed E-state index contributed by atoms with van der Waals surface area (Å²) in [6.45, 7) is 0. The van der Waals surface area contributed by atoms with Crippen LogP contribution in [0, 0.1) is 0 Å². The molecule has 0 spiro atoms. The van der Waals surface area contributed by atoms with Gasteiger partial charge in [-0.2, -0.15) is 4.98 Å². The van der Waals surface area contributed by atoms with Gasteiger partial charge >= 0.3 is 0 Å². The van der Waals surface area contributed by atoms with Crippen molar-refractivity contribution in [3.63, 3.8) is 0 Å². The van der Waals surface area contributed by atoms with Gasteiger partial charge in [0.05, 0.1) is 0 Å². The molecule has 0 saturated heterocycles. The molecule has 0 atom stereocenters. The van der Waals surface area contributed by atoms with Gasteiger partial charge in [-0.05, 0) is 25.0 Å². The average Bonchev–Trinajstić information content (AvgIpc) is 2.98. The number of hydrogen-bond donors (Lipinski definition) is 0. The second-order valence-corrected chi connectivity index (χ2v) is 3.47. The van der Waals surface area contributed by atoms with Gasteiger partial charge in [-0.3, -0.25) is 4.98 Å². The molecule has 14 heavy (non-hydrogen) atoms. The summed E-state index contributed by atoms with van der Waals surface area (Å²) in [6.07, 6.45) is 5.82. The second-order valence-electron chi connectivity index (χ2n) is 3.47. The first-order valence-electron chi connectivity index (χ1n) is 4.67. The number of rotatable bonds is 2. The number of hydrogen-bond acceptors (Lipinski definition) is 4. The maximum atomic E-state index is 5.16. The summed E-state index contributed by atoms with van der Waals surface area (Å²) in [4.78, 5) is 8.27. The van der Waals surface area contributed by atoms with Crippen LogP contribution in [-0.2, 0) is 0 Å². The fourth-order valence-corrected chi connectivity index (χ4v) is 1.35. The molecule has 70 valence electrons. The maximum absolute atomic E-state index is 5.16. The smallest absolute Gasteiger partial charge is 0.258 e. The Morgan fingerprint density at radius 3 is 2.71 bits per heavy atom. The van der Waals surface area contributed by atoms with E-state index in [-0.39, 0.29) is 0 Å². The number of aromatic nitrogens is 3. The van der Waals surface area contributed by atoms with Crippen LogP contribution in [0.1, 0.15) is 24.6 Å². The molecule has 2 aromatic rings. The molecular weight excluding hydrogens is 178 g/mol. The van der Waals surface area contributed by atoms with Crippen molar-refractivity contribution >= 4 is 0 Å². The molecule has 4 heteroatoms. The summed E-state index contributed by atoms with van der Waals surface area (Å²) in [6, 6.07) is 3.73. The van der Waals surface area contributed by atoms with E-state index in [0.29, 0.717) is 11.8 Å². The standard InChI is InChI=1S/C10H9N3O/c1-2-7(1)9-12-10(14-13-9)8-3-5-11-6-4-8/h3-7H,1-2H2. The molecule has 0 unspecified atom stereocenters. The van der Waals surface area contributed by atoms with E-state index in [9.17, 15) is 0 Å². The monoisotopic (exact) mass is 187 g/mol. The van der Waals surface area contributed by atoms with Crippen molar-refractivity contribution in [3.8, 4) is 11.5 Å². The van der Waals surface area contributed by atoms with Crippen LogP contribution in [0.2, 0.25) is 0 Å². The van der Waals surface area contributed by atoms with E-state index in [4.69, 9.17) is 4.52 Å². The van der Waals surface area contributed by atoms with Gasteiger partial charge in [-0.15, -0.1) is 0 Å². The van der Waals surface area contributed by atoms with E-state index >= 15 is 0 Å². The Kier molecular flexibility index (Phi) is 1.59. The van der Waals surface area contributed by atoms with Gasteiger partial charge < -0.3 is 4.52 Å². The molecule has 0 bridgehead atoms. The number of pyridine rings is 1. The predicted molar refractivity (Wildman–Crippen MR) is 49.5 cm³/mol. The Balaban J connectivity index is 1.96. The molecule has 4 nitrogen and oxygen atoms in total.